The molecule has 0 aliphatic carbocycles. The van der Waals surface area contributed by atoms with Crippen LogP contribution in [0.3, 0.4) is 0 Å². The van der Waals surface area contributed by atoms with Gasteiger partial charge in [0.15, 0.2) is 0 Å². The van der Waals surface area contributed by atoms with Crippen LogP contribution in [0.5, 0.6) is 11.5 Å². The molecule has 7 aromatic rings. The van der Waals surface area contributed by atoms with Gasteiger partial charge < -0.3 is 91.2 Å². The summed E-state index contributed by atoms with van der Waals surface area (Å²) in [7, 11) is 8.12. The molecule has 0 aliphatic rings. The highest BCUT2D eigenvalue weighted by Gasteiger charge is 2.33. The van der Waals surface area contributed by atoms with Gasteiger partial charge in [-0.1, -0.05) is 200 Å². The fraction of sp³-hybridized carbons (Fsp3) is 0.394. The summed E-state index contributed by atoms with van der Waals surface area (Å²) in [5, 5.41) is 10.5. The van der Waals surface area contributed by atoms with Crippen molar-refractivity contribution in [2.45, 2.75) is 179 Å². The lowest BCUT2D eigenvalue weighted by molar-refractivity contribution is -0.157. The van der Waals surface area contributed by atoms with E-state index in [1.165, 1.54) is 35.4 Å². The van der Waals surface area contributed by atoms with Crippen LogP contribution in [0.15, 0.2) is 251 Å². The average molecular weight is 1860 g/mol. The third-order valence-corrected chi connectivity index (χ3v) is 20.9. The molecule has 31 nitrogen and oxygen atoms in total. The SMILES string of the molecule is C=CCN(CCc1ccccc1)C(=O)CC[C@H](NC(=O)[C@H](CC(=O)OC(C)(C)C)Cc1ccccc1)C(=O)OC.C=CCN(CCc1ccccc1)C(=O)CC[C@H](NC(=O)[C@H](N)Cc1ccccc1)C(=O)OC.C=CCN(Cc1ccc(OC)cc1)C(=O)CC[C@H](NC(=O)[C@@H](C)N)C(=O)OC.C=CCN(Cc1ccc(OC)cc1)C(=O)CC[C@H](NC(=O)[C@H](N)Cc1ccccc1)C(=O)OC. The van der Waals surface area contributed by atoms with Gasteiger partial charge in [0.1, 0.15) is 41.3 Å². The number of carbonyl (C=O) groups excluding carboxylic acids is 13. The third kappa shape index (κ3) is 44.9. The Kier molecular flexibility index (Phi) is 53.1. The van der Waals surface area contributed by atoms with E-state index in [-0.39, 0.29) is 87.8 Å². The van der Waals surface area contributed by atoms with Crippen LogP contribution in [0.25, 0.3) is 0 Å². The van der Waals surface area contributed by atoms with Gasteiger partial charge in [0.05, 0.1) is 73.1 Å². The van der Waals surface area contributed by atoms with E-state index in [9.17, 15) is 62.3 Å². The van der Waals surface area contributed by atoms with Crippen molar-refractivity contribution >= 4 is 77.1 Å². The number of nitrogens with two attached hydrogens (primary N) is 3. The molecule has 0 aromatic heterocycles. The standard InChI is InChI=1S/C32H42N2O6.C26H33N3O5.C26H33N3O4.C20H29N3O5/c1-6-20-34(21-19-24-13-9-7-10-14-24)28(35)18-17-27(31(38)39-5)33-30(37)26(22-25-15-11-8-12-16-25)23-29(36)40-32(2,3)4;1-4-16-29(18-20-10-12-21(33-2)13-11-20)24(30)15-14-23(26(32)34-3)28-25(31)22(27)17-19-8-6-5-7-9-19;1-3-17-29(18-16-20-10-6-4-7-11-20)24(30)15-14-23(26(32)33-2)28-25(31)22(27)19-21-12-8-5-9-13-21;1-5-12-23(13-15-6-8-16(27-3)9-7-15)18(24)11-10-17(20(26)28-4)22-19(25)14(2)21/h6-16,26-27H,1,17-23H2,2-5H3,(H,33,37);4-13,22-23H,1,14-18,27H2,2-3H3,(H,28,31);3-13,22-23H,1,14-19,27H2,2H3,(H,28,31);5-9,14,17H,1,10-13,21H2,2-4H3,(H,22,25)/t26-,27-;2*22-,23+;14-,17+/m0111/s1. The minimum atomic E-state index is -1.04. The Morgan fingerprint density at radius 1 is 0.348 bits per heavy atom. The smallest absolute Gasteiger partial charge is 0.328 e. The molecule has 0 bridgehead atoms. The fourth-order valence-electron chi connectivity index (χ4n) is 13.6. The van der Waals surface area contributed by atoms with Gasteiger partial charge in [-0.25, -0.2) is 19.2 Å². The van der Waals surface area contributed by atoms with Crippen LogP contribution in [0.2, 0.25) is 0 Å². The molecular formula is C104H137N11O20. The van der Waals surface area contributed by atoms with Crippen molar-refractivity contribution in [3.63, 3.8) is 0 Å². The molecule has 8 amide bonds. The van der Waals surface area contributed by atoms with E-state index in [0.29, 0.717) is 78.0 Å². The van der Waals surface area contributed by atoms with Crippen LogP contribution in [0.1, 0.15) is 124 Å². The minimum absolute atomic E-state index is 0.0259. The Labute approximate surface area is 794 Å². The number of carbonyl (C=O) groups is 13. The number of methoxy groups -OCH3 is 6. The summed E-state index contributed by atoms with van der Waals surface area (Å²) in [5.41, 5.74) is 23.7. The summed E-state index contributed by atoms with van der Waals surface area (Å²) in [6.07, 6.45) is 9.38. The number of hydrogen-bond acceptors (Lipinski definition) is 23. The molecular weight excluding hydrogens is 1720 g/mol. The Bertz CT molecular complexity index is 4830. The normalized spacial score (nSPS) is 12.4. The van der Waals surface area contributed by atoms with Crippen molar-refractivity contribution in [3.8, 4) is 11.5 Å². The number of esters is 5. The largest absolute Gasteiger partial charge is 0.497 e. The van der Waals surface area contributed by atoms with Gasteiger partial charge in [0.2, 0.25) is 47.3 Å². The molecule has 31 heteroatoms. The zero-order chi connectivity index (χ0) is 99.6. The molecule has 10 N–H and O–H groups in total. The summed E-state index contributed by atoms with van der Waals surface area (Å²) in [6, 6.07) is 56.3. The molecule has 8 atom stereocenters. The van der Waals surface area contributed by atoms with Crippen molar-refractivity contribution in [2.75, 3.05) is 81.9 Å². The number of ether oxygens (including phenoxy) is 7. The first kappa shape index (κ1) is 113. The van der Waals surface area contributed by atoms with Crippen molar-refractivity contribution in [3.05, 3.63) is 290 Å². The second kappa shape index (κ2) is 63.3. The Morgan fingerprint density at radius 2 is 0.615 bits per heavy atom. The van der Waals surface area contributed by atoms with E-state index in [1.807, 2.05) is 200 Å². The Morgan fingerprint density at radius 3 is 0.889 bits per heavy atom. The summed E-state index contributed by atoms with van der Waals surface area (Å²) in [4.78, 5) is 170. The quantitative estimate of drug-likeness (QED) is 0.0106. The van der Waals surface area contributed by atoms with Crippen molar-refractivity contribution in [1.82, 2.24) is 40.9 Å². The first-order valence-electron chi connectivity index (χ1n) is 44.7. The first-order valence-corrected chi connectivity index (χ1v) is 44.7. The van der Waals surface area contributed by atoms with Gasteiger partial charge in [-0.3, -0.25) is 43.2 Å². The highest BCUT2D eigenvalue weighted by molar-refractivity contribution is 5.91. The lowest BCUT2D eigenvalue weighted by atomic mass is 9.94. The Hall–Kier alpha value is -13.9. The van der Waals surface area contributed by atoms with Gasteiger partial charge in [-0.15, -0.1) is 26.3 Å². The molecule has 7 rings (SSSR count). The predicted octanol–water partition coefficient (Wildman–Crippen LogP) is 9.74. The van der Waals surface area contributed by atoms with Gasteiger partial charge in [-0.05, 0) is 149 Å². The molecule has 135 heavy (non-hydrogen) atoms. The van der Waals surface area contributed by atoms with E-state index in [4.69, 9.17) is 50.4 Å². The van der Waals surface area contributed by atoms with E-state index in [1.54, 1.807) is 78.9 Å². The van der Waals surface area contributed by atoms with E-state index in [0.717, 1.165) is 50.4 Å². The topological polar surface area (TPSA) is 426 Å². The highest BCUT2D eigenvalue weighted by atomic mass is 16.6. The number of nitrogens with one attached hydrogen (secondary N) is 4. The first-order chi connectivity index (χ1) is 64.6. The monoisotopic (exact) mass is 1860 g/mol. The lowest BCUT2D eigenvalue weighted by Gasteiger charge is -2.25. The van der Waals surface area contributed by atoms with Gasteiger partial charge in [0, 0.05) is 78.0 Å². The maximum atomic E-state index is 13.4. The highest BCUT2D eigenvalue weighted by Crippen LogP contribution is 2.22. The number of benzene rings is 7. The molecule has 0 aliphatic heterocycles. The van der Waals surface area contributed by atoms with Crippen LogP contribution in [0, 0.1) is 5.92 Å². The number of nitrogens with zero attached hydrogens (tertiary/aromatic N) is 4. The maximum absolute atomic E-state index is 13.4. The zero-order valence-corrected chi connectivity index (χ0v) is 79.6. The van der Waals surface area contributed by atoms with E-state index in [2.05, 4.69) is 47.6 Å². The number of hydrogen-bond donors (Lipinski definition) is 7. The number of amides is 8. The van der Waals surface area contributed by atoms with Crippen molar-refractivity contribution < 1.29 is 95.5 Å². The molecule has 0 saturated carbocycles. The molecule has 728 valence electrons. The maximum Gasteiger partial charge on any atom is 0.328 e. The molecule has 0 heterocycles. The zero-order valence-electron chi connectivity index (χ0n) is 79.6. The second-order valence-electron chi connectivity index (χ2n) is 32.6. The summed E-state index contributed by atoms with van der Waals surface area (Å²) >= 11 is 0. The van der Waals surface area contributed by atoms with Crippen LogP contribution in [0.4, 0.5) is 0 Å². The van der Waals surface area contributed by atoms with Crippen molar-refractivity contribution in [1.29, 1.82) is 0 Å². The van der Waals surface area contributed by atoms with Crippen molar-refractivity contribution in [2.24, 2.45) is 23.1 Å². The molecule has 0 saturated heterocycles. The van der Waals surface area contributed by atoms with Crippen LogP contribution >= 0.6 is 0 Å². The van der Waals surface area contributed by atoms with Gasteiger partial charge in [0.25, 0.3) is 0 Å². The summed E-state index contributed by atoms with van der Waals surface area (Å²) in [5.74, 6) is -4.86. The van der Waals surface area contributed by atoms with Crippen LogP contribution < -0.4 is 47.9 Å². The third-order valence-electron chi connectivity index (χ3n) is 20.9. The summed E-state index contributed by atoms with van der Waals surface area (Å²) in [6.45, 7) is 25.0. The van der Waals surface area contributed by atoms with Gasteiger partial charge in [-0.2, -0.15) is 0 Å². The van der Waals surface area contributed by atoms with E-state index < -0.39 is 107 Å². The Balaban J connectivity index is 0.000000379. The minimum Gasteiger partial charge on any atom is -0.497 e. The predicted molar refractivity (Wildman–Crippen MR) is 518 cm³/mol. The molecule has 0 spiro atoms. The van der Waals surface area contributed by atoms with E-state index >= 15 is 0 Å². The molecule has 7 aromatic carbocycles. The fourth-order valence-corrected chi connectivity index (χ4v) is 13.6. The number of rotatable bonds is 52. The molecule has 0 unspecified atom stereocenters. The van der Waals surface area contributed by atoms with Gasteiger partial charge >= 0.3 is 29.8 Å². The second-order valence-corrected chi connectivity index (χ2v) is 32.6. The molecule has 0 fully saturated rings. The van der Waals surface area contributed by atoms with Crippen LogP contribution in [-0.4, -0.2) is 227 Å². The average Bonchev–Trinajstić information content (AvgIpc) is 0.877. The van der Waals surface area contributed by atoms with Crippen LogP contribution in [-0.2, 0) is 131 Å². The lowest BCUT2D eigenvalue weighted by Crippen LogP contribution is -2.50. The summed E-state index contributed by atoms with van der Waals surface area (Å²) < 4.78 is 35.0. The molecule has 0 radical (unpaired) electrons.